The molecule has 2 aromatic rings. The van der Waals surface area contributed by atoms with Gasteiger partial charge in [0.1, 0.15) is 6.10 Å². The highest BCUT2D eigenvalue weighted by molar-refractivity contribution is 5.81. The molecule has 1 aromatic carbocycles. The molecule has 0 spiro atoms. The van der Waals surface area contributed by atoms with Crippen LogP contribution in [0.15, 0.2) is 23.0 Å². The first-order valence-electron chi connectivity index (χ1n) is 8.78. The first-order chi connectivity index (χ1) is 12.0. The summed E-state index contributed by atoms with van der Waals surface area (Å²) in [5.74, 6) is -0.161. The van der Waals surface area contributed by atoms with Gasteiger partial charge in [0.15, 0.2) is 0 Å². The van der Waals surface area contributed by atoms with Gasteiger partial charge in [-0.3, -0.25) is 4.79 Å². The minimum absolute atomic E-state index is 0.0919. The summed E-state index contributed by atoms with van der Waals surface area (Å²) in [6.07, 6.45) is 2.79. The van der Waals surface area contributed by atoms with Gasteiger partial charge in [0, 0.05) is 6.61 Å². The molecule has 0 radical (unpaired) electrons. The summed E-state index contributed by atoms with van der Waals surface area (Å²) >= 11 is 0. The Labute approximate surface area is 146 Å². The average molecular weight is 347 g/mol. The third kappa shape index (κ3) is 4.49. The fourth-order valence-electron chi connectivity index (χ4n) is 3.00. The number of hydrogen-bond acceptors (Lipinski definition) is 4. The molecule has 3 rings (SSSR count). The Morgan fingerprint density at radius 1 is 1.32 bits per heavy atom. The maximum Gasteiger partial charge on any atom is 0.323 e. The first-order valence-corrected chi connectivity index (χ1v) is 8.78. The van der Waals surface area contributed by atoms with Crippen molar-refractivity contribution >= 4 is 16.9 Å². The summed E-state index contributed by atoms with van der Waals surface area (Å²) < 4.78 is 11.3. The van der Waals surface area contributed by atoms with Crippen molar-refractivity contribution < 1.29 is 14.3 Å². The lowest BCUT2D eigenvalue weighted by Gasteiger charge is -2.24. The van der Waals surface area contributed by atoms with Crippen LogP contribution in [0.25, 0.3) is 11.0 Å². The van der Waals surface area contributed by atoms with E-state index in [2.05, 4.69) is 15.3 Å². The normalized spacial score (nSPS) is 20.3. The highest BCUT2D eigenvalue weighted by Crippen LogP contribution is 2.18. The molecule has 0 aliphatic carbocycles. The smallest absolute Gasteiger partial charge is 0.323 e. The number of benzene rings is 1. The van der Waals surface area contributed by atoms with Gasteiger partial charge in [-0.2, -0.15) is 0 Å². The molecule has 3 N–H and O–H groups in total. The molecule has 1 fully saturated rings. The zero-order valence-electron chi connectivity index (χ0n) is 14.6. The van der Waals surface area contributed by atoms with E-state index in [1.165, 1.54) is 0 Å². The minimum Gasteiger partial charge on any atom is -0.376 e. The molecule has 2 heterocycles. The SMILES string of the molecule is C[C@H](OC[C@@H]1CCCCO1)C(=O)N[C@@H](C)c1ccc2[nH]c(=O)[nH]c2c1. The van der Waals surface area contributed by atoms with Crippen LogP contribution in [-0.4, -0.2) is 41.3 Å². The number of carbonyl (C=O) groups excluding carboxylic acids is 1. The molecule has 0 unspecified atom stereocenters. The minimum atomic E-state index is -0.538. The van der Waals surface area contributed by atoms with E-state index in [0.717, 1.165) is 42.5 Å². The van der Waals surface area contributed by atoms with E-state index in [4.69, 9.17) is 9.47 Å². The van der Waals surface area contributed by atoms with Gasteiger partial charge in [-0.25, -0.2) is 4.79 Å². The molecule has 7 nitrogen and oxygen atoms in total. The number of H-pyrrole nitrogens is 2. The predicted molar refractivity (Wildman–Crippen MR) is 94.5 cm³/mol. The molecule has 7 heteroatoms. The van der Waals surface area contributed by atoms with Crippen LogP contribution in [0.1, 0.15) is 44.7 Å². The molecule has 0 saturated carbocycles. The van der Waals surface area contributed by atoms with Crippen LogP contribution in [0.3, 0.4) is 0 Å². The van der Waals surface area contributed by atoms with Crippen LogP contribution in [0, 0.1) is 0 Å². The highest BCUT2D eigenvalue weighted by atomic mass is 16.5. The molecule has 136 valence electrons. The van der Waals surface area contributed by atoms with Crippen molar-refractivity contribution in [3.8, 4) is 0 Å². The number of aromatic amines is 2. The van der Waals surface area contributed by atoms with E-state index in [-0.39, 0.29) is 23.7 Å². The van der Waals surface area contributed by atoms with Gasteiger partial charge in [0.05, 0.1) is 29.8 Å². The standard InChI is InChI=1S/C18H25N3O4/c1-11(13-6-7-15-16(9-13)21-18(23)20-15)19-17(22)12(2)25-10-14-5-3-4-8-24-14/h6-7,9,11-12,14H,3-5,8,10H2,1-2H3,(H,19,22)(H2,20,21,23)/t11-,12-,14-/m0/s1. The van der Waals surface area contributed by atoms with Crippen molar-refractivity contribution in [2.24, 2.45) is 0 Å². The van der Waals surface area contributed by atoms with E-state index in [1.54, 1.807) is 6.92 Å². The Balaban J connectivity index is 1.53. The van der Waals surface area contributed by atoms with E-state index in [9.17, 15) is 9.59 Å². The lowest BCUT2D eigenvalue weighted by Crippen LogP contribution is -2.38. The fourth-order valence-corrected chi connectivity index (χ4v) is 3.00. The summed E-state index contributed by atoms with van der Waals surface area (Å²) in [6, 6.07) is 5.39. The summed E-state index contributed by atoms with van der Waals surface area (Å²) in [7, 11) is 0. The van der Waals surface area contributed by atoms with Gasteiger partial charge < -0.3 is 24.8 Å². The zero-order valence-corrected chi connectivity index (χ0v) is 14.6. The molecule has 1 amide bonds. The number of hydrogen-bond donors (Lipinski definition) is 3. The Kier molecular flexibility index (Phi) is 5.55. The fraction of sp³-hybridized carbons (Fsp3) is 0.556. The van der Waals surface area contributed by atoms with Crippen LogP contribution in [0.2, 0.25) is 0 Å². The largest absolute Gasteiger partial charge is 0.376 e. The van der Waals surface area contributed by atoms with Crippen molar-refractivity contribution in [1.82, 2.24) is 15.3 Å². The van der Waals surface area contributed by atoms with E-state index in [0.29, 0.717) is 6.61 Å². The second-order valence-electron chi connectivity index (χ2n) is 6.58. The Hall–Kier alpha value is -2.12. The molecule has 25 heavy (non-hydrogen) atoms. The summed E-state index contributed by atoms with van der Waals surface area (Å²) in [4.78, 5) is 29.1. The monoisotopic (exact) mass is 347 g/mol. The third-order valence-electron chi connectivity index (χ3n) is 4.57. The molecule has 1 saturated heterocycles. The van der Waals surface area contributed by atoms with Crippen LogP contribution < -0.4 is 11.0 Å². The maximum absolute atomic E-state index is 12.3. The van der Waals surface area contributed by atoms with Gasteiger partial charge in [-0.1, -0.05) is 6.07 Å². The lowest BCUT2D eigenvalue weighted by molar-refractivity contribution is -0.136. The second kappa shape index (κ2) is 7.84. The average Bonchev–Trinajstić information content (AvgIpc) is 2.99. The molecular formula is C18H25N3O4. The van der Waals surface area contributed by atoms with Crippen molar-refractivity contribution in [2.75, 3.05) is 13.2 Å². The molecule has 1 aliphatic heterocycles. The number of nitrogens with one attached hydrogen (secondary N) is 3. The number of aromatic nitrogens is 2. The number of amides is 1. The zero-order chi connectivity index (χ0) is 17.8. The second-order valence-corrected chi connectivity index (χ2v) is 6.58. The van der Waals surface area contributed by atoms with Gasteiger partial charge in [-0.15, -0.1) is 0 Å². The van der Waals surface area contributed by atoms with E-state index < -0.39 is 6.10 Å². The van der Waals surface area contributed by atoms with E-state index >= 15 is 0 Å². The Bertz CT molecular complexity index is 776. The number of carbonyl (C=O) groups is 1. The number of fused-ring (bicyclic) bond motifs is 1. The van der Waals surface area contributed by atoms with Crippen LogP contribution in [0.4, 0.5) is 0 Å². The van der Waals surface area contributed by atoms with Crippen molar-refractivity contribution in [3.63, 3.8) is 0 Å². The quantitative estimate of drug-likeness (QED) is 0.745. The van der Waals surface area contributed by atoms with Crippen LogP contribution >= 0.6 is 0 Å². The Morgan fingerprint density at radius 2 is 2.12 bits per heavy atom. The molecule has 0 bridgehead atoms. The first kappa shape index (κ1) is 17.7. The molecule has 3 atom stereocenters. The van der Waals surface area contributed by atoms with Crippen molar-refractivity contribution in [2.45, 2.75) is 51.4 Å². The number of rotatable bonds is 6. The third-order valence-corrected chi connectivity index (χ3v) is 4.57. The lowest BCUT2D eigenvalue weighted by atomic mass is 10.1. The van der Waals surface area contributed by atoms with Crippen LogP contribution in [0.5, 0.6) is 0 Å². The van der Waals surface area contributed by atoms with Gasteiger partial charge in [-0.05, 0) is 50.8 Å². The summed E-state index contributed by atoms with van der Waals surface area (Å²) in [5.41, 5.74) is 2.15. The van der Waals surface area contributed by atoms with Gasteiger partial charge >= 0.3 is 5.69 Å². The maximum atomic E-state index is 12.3. The predicted octanol–water partition coefficient (Wildman–Crippen LogP) is 2.01. The van der Waals surface area contributed by atoms with Crippen molar-refractivity contribution in [3.05, 3.63) is 34.2 Å². The van der Waals surface area contributed by atoms with Crippen molar-refractivity contribution in [1.29, 1.82) is 0 Å². The van der Waals surface area contributed by atoms with Gasteiger partial charge in [0.25, 0.3) is 0 Å². The Morgan fingerprint density at radius 3 is 2.88 bits per heavy atom. The van der Waals surface area contributed by atoms with Gasteiger partial charge in [0.2, 0.25) is 5.91 Å². The molecule has 1 aromatic heterocycles. The number of ether oxygens (including phenoxy) is 2. The topological polar surface area (TPSA) is 96.2 Å². The number of imidazole rings is 1. The molecule has 1 aliphatic rings. The molecular weight excluding hydrogens is 322 g/mol. The summed E-state index contributed by atoms with van der Waals surface area (Å²) in [6.45, 7) is 4.87. The summed E-state index contributed by atoms with van der Waals surface area (Å²) in [5, 5.41) is 2.95. The van der Waals surface area contributed by atoms with E-state index in [1.807, 2.05) is 25.1 Å². The van der Waals surface area contributed by atoms with Crippen LogP contribution in [-0.2, 0) is 14.3 Å². The highest BCUT2D eigenvalue weighted by Gasteiger charge is 2.20.